The van der Waals surface area contributed by atoms with Crippen molar-refractivity contribution in [2.45, 2.75) is 24.7 Å². The number of nitrogens with one attached hydrogen (secondary N) is 1. The summed E-state index contributed by atoms with van der Waals surface area (Å²) in [5, 5.41) is 2.87. The number of carbonyl (C=O) groups is 1. The van der Waals surface area contributed by atoms with Gasteiger partial charge in [-0.3, -0.25) is 4.79 Å². The zero-order valence-electron chi connectivity index (χ0n) is 15.6. The van der Waals surface area contributed by atoms with E-state index in [2.05, 4.69) is 10.2 Å². The molecular weight excluding hydrogens is 376 g/mol. The van der Waals surface area contributed by atoms with E-state index in [1.165, 1.54) is 20.2 Å². The number of sulfonamides is 1. The molecule has 1 aromatic rings. The molecule has 0 aliphatic carbocycles. The van der Waals surface area contributed by atoms with Gasteiger partial charge in [-0.15, -0.1) is 12.4 Å². The first-order valence-corrected chi connectivity index (χ1v) is 10.0. The summed E-state index contributed by atoms with van der Waals surface area (Å²) < 4.78 is 26.0. The van der Waals surface area contributed by atoms with Crippen LogP contribution in [0.2, 0.25) is 0 Å². The van der Waals surface area contributed by atoms with Crippen LogP contribution in [0.5, 0.6) is 0 Å². The highest BCUT2D eigenvalue weighted by atomic mass is 35.5. The molecule has 26 heavy (non-hydrogen) atoms. The first-order chi connectivity index (χ1) is 11.8. The van der Waals surface area contributed by atoms with Crippen LogP contribution in [0.4, 0.5) is 5.69 Å². The lowest BCUT2D eigenvalue weighted by molar-refractivity contribution is 0.0949. The number of nitrogens with zero attached hydrogens (tertiary/aromatic N) is 2. The molecule has 1 aliphatic heterocycles. The van der Waals surface area contributed by atoms with E-state index in [0.717, 1.165) is 35.9 Å². The van der Waals surface area contributed by atoms with Gasteiger partial charge in [-0.25, -0.2) is 12.7 Å². The number of anilines is 1. The summed E-state index contributed by atoms with van der Waals surface area (Å²) in [7, 11) is -0.637. The fourth-order valence-corrected chi connectivity index (χ4v) is 3.68. The van der Waals surface area contributed by atoms with Gasteiger partial charge in [0.2, 0.25) is 10.0 Å². The van der Waals surface area contributed by atoms with Crippen LogP contribution in [-0.2, 0) is 10.0 Å². The Bertz CT molecular complexity index is 719. The van der Waals surface area contributed by atoms with Gasteiger partial charge in [-0.2, -0.15) is 0 Å². The molecule has 1 heterocycles. The van der Waals surface area contributed by atoms with E-state index in [9.17, 15) is 13.2 Å². The Labute approximate surface area is 162 Å². The lowest BCUT2D eigenvalue weighted by atomic mass is 10.1. The Hall–Kier alpha value is -1.35. The van der Waals surface area contributed by atoms with Crippen molar-refractivity contribution in [2.75, 3.05) is 45.2 Å². The Morgan fingerprint density at radius 3 is 2.46 bits per heavy atom. The van der Waals surface area contributed by atoms with Crippen molar-refractivity contribution >= 4 is 34.0 Å². The first kappa shape index (κ1) is 22.7. The Morgan fingerprint density at radius 2 is 1.92 bits per heavy atom. The Morgan fingerprint density at radius 1 is 1.31 bits per heavy atom. The van der Waals surface area contributed by atoms with E-state index in [4.69, 9.17) is 5.73 Å². The molecule has 9 heteroatoms. The molecule has 0 bridgehead atoms. The molecule has 1 aliphatic rings. The van der Waals surface area contributed by atoms with Gasteiger partial charge in [0, 0.05) is 39.4 Å². The van der Waals surface area contributed by atoms with Crippen LogP contribution in [0.15, 0.2) is 23.1 Å². The molecular formula is C17H29ClN4O3S. The average molecular weight is 405 g/mol. The van der Waals surface area contributed by atoms with Gasteiger partial charge in [-0.1, -0.05) is 6.92 Å². The van der Waals surface area contributed by atoms with Crippen molar-refractivity contribution in [3.8, 4) is 0 Å². The predicted octanol–water partition coefficient (Wildman–Crippen LogP) is 1.28. The number of rotatable bonds is 7. The molecule has 1 atom stereocenters. The maximum atomic E-state index is 12.7. The highest BCUT2D eigenvalue weighted by Crippen LogP contribution is 2.28. The summed E-state index contributed by atoms with van der Waals surface area (Å²) in [5.41, 5.74) is 6.78. The maximum absolute atomic E-state index is 12.7. The van der Waals surface area contributed by atoms with Gasteiger partial charge >= 0.3 is 0 Å². The van der Waals surface area contributed by atoms with Gasteiger partial charge in [-0.05, 0) is 43.5 Å². The van der Waals surface area contributed by atoms with E-state index in [0.29, 0.717) is 18.7 Å². The van der Waals surface area contributed by atoms with Crippen molar-refractivity contribution < 1.29 is 13.2 Å². The van der Waals surface area contributed by atoms with Crippen LogP contribution in [0.3, 0.4) is 0 Å². The van der Waals surface area contributed by atoms with Crippen LogP contribution >= 0.6 is 12.4 Å². The number of halogens is 1. The van der Waals surface area contributed by atoms with Gasteiger partial charge in [0.15, 0.2) is 0 Å². The second kappa shape index (κ2) is 9.55. The molecule has 0 radical (unpaired) electrons. The monoisotopic (exact) mass is 404 g/mol. The zero-order valence-corrected chi connectivity index (χ0v) is 17.2. The third kappa shape index (κ3) is 5.09. The summed E-state index contributed by atoms with van der Waals surface area (Å²) in [6.45, 7) is 4.64. The lowest BCUT2D eigenvalue weighted by Crippen LogP contribution is -2.33. The van der Waals surface area contributed by atoms with Crippen LogP contribution in [0.1, 0.15) is 30.1 Å². The fourth-order valence-electron chi connectivity index (χ4n) is 2.75. The molecule has 2 rings (SSSR count). The van der Waals surface area contributed by atoms with Crippen molar-refractivity contribution in [3.05, 3.63) is 23.8 Å². The molecule has 1 unspecified atom stereocenters. The lowest BCUT2D eigenvalue weighted by Gasteiger charge is -2.22. The standard InChI is InChI=1S/C17H28N4O3S.ClH/c1-13(11-18)12-19-17(22)15-10-14(25(23,24)20(2)3)6-7-16(15)21-8-4-5-9-21;/h6-7,10,13H,4-5,8-9,11-12,18H2,1-3H3,(H,19,22);1H. The van der Waals surface area contributed by atoms with Crippen LogP contribution < -0.4 is 16.0 Å². The number of carbonyl (C=O) groups excluding carboxylic acids is 1. The van der Waals surface area contributed by atoms with Crippen molar-refractivity contribution in [2.24, 2.45) is 11.7 Å². The minimum Gasteiger partial charge on any atom is -0.371 e. The minimum absolute atomic E-state index is 0. The summed E-state index contributed by atoms with van der Waals surface area (Å²) in [6.07, 6.45) is 2.14. The zero-order chi connectivity index (χ0) is 18.6. The fraction of sp³-hybridized carbons (Fsp3) is 0.588. The third-order valence-electron chi connectivity index (χ3n) is 4.45. The predicted molar refractivity (Wildman–Crippen MR) is 107 cm³/mol. The quantitative estimate of drug-likeness (QED) is 0.713. The number of hydrogen-bond donors (Lipinski definition) is 2. The Kier molecular flexibility index (Phi) is 8.33. The largest absolute Gasteiger partial charge is 0.371 e. The van der Waals surface area contributed by atoms with Crippen molar-refractivity contribution in [1.29, 1.82) is 0 Å². The number of hydrogen-bond acceptors (Lipinski definition) is 5. The van der Waals surface area contributed by atoms with Gasteiger partial charge in [0.25, 0.3) is 5.91 Å². The molecule has 0 spiro atoms. The van der Waals surface area contributed by atoms with E-state index in [-0.39, 0.29) is 29.1 Å². The molecule has 1 aromatic carbocycles. The van der Waals surface area contributed by atoms with Gasteiger partial charge in [0.1, 0.15) is 0 Å². The minimum atomic E-state index is -3.59. The van der Waals surface area contributed by atoms with E-state index in [1.807, 2.05) is 6.92 Å². The van der Waals surface area contributed by atoms with Gasteiger partial charge in [0.05, 0.1) is 10.5 Å². The second-order valence-corrected chi connectivity index (χ2v) is 8.86. The molecule has 1 saturated heterocycles. The van der Waals surface area contributed by atoms with Crippen LogP contribution in [-0.4, -0.2) is 58.9 Å². The maximum Gasteiger partial charge on any atom is 0.253 e. The molecule has 0 saturated carbocycles. The van der Waals surface area contributed by atoms with E-state index >= 15 is 0 Å². The van der Waals surface area contributed by atoms with E-state index < -0.39 is 10.0 Å². The summed E-state index contributed by atoms with van der Waals surface area (Å²) >= 11 is 0. The normalized spacial score (nSPS) is 15.7. The topological polar surface area (TPSA) is 95.7 Å². The number of amides is 1. The average Bonchev–Trinajstić information content (AvgIpc) is 3.12. The smallest absolute Gasteiger partial charge is 0.253 e. The van der Waals surface area contributed by atoms with Crippen molar-refractivity contribution in [3.63, 3.8) is 0 Å². The summed E-state index contributed by atoms with van der Waals surface area (Å²) in [5.74, 6) is -0.106. The second-order valence-electron chi connectivity index (χ2n) is 6.71. The molecule has 7 nitrogen and oxygen atoms in total. The summed E-state index contributed by atoms with van der Waals surface area (Å²) in [4.78, 5) is 15.0. The third-order valence-corrected chi connectivity index (χ3v) is 6.26. The Balaban J connectivity index is 0.00000338. The van der Waals surface area contributed by atoms with Crippen LogP contribution in [0, 0.1) is 5.92 Å². The number of nitrogens with two attached hydrogens (primary N) is 1. The highest BCUT2D eigenvalue weighted by Gasteiger charge is 2.24. The van der Waals surface area contributed by atoms with Crippen molar-refractivity contribution in [1.82, 2.24) is 9.62 Å². The molecule has 0 aromatic heterocycles. The molecule has 3 N–H and O–H groups in total. The molecule has 148 valence electrons. The first-order valence-electron chi connectivity index (χ1n) is 8.57. The van der Waals surface area contributed by atoms with E-state index in [1.54, 1.807) is 12.1 Å². The van der Waals surface area contributed by atoms with Crippen LogP contribution in [0.25, 0.3) is 0 Å². The molecule has 1 fully saturated rings. The highest BCUT2D eigenvalue weighted by molar-refractivity contribution is 7.89. The molecule has 1 amide bonds. The SMILES string of the molecule is CC(CN)CNC(=O)c1cc(S(=O)(=O)N(C)C)ccc1N1CCCC1.Cl. The van der Waals surface area contributed by atoms with Gasteiger partial charge < -0.3 is 16.0 Å². The summed E-state index contributed by atoms with van der Waals surface area (Å²) in [6, 6.07) is 4.79. The number of benzene rings is 1.